The summed E-state index contributed by atoms with van der Waals surface area (Å²) in [5.41, 5.74) is 2.00. The molecule has 0 fully saturated rings. The van der Waals surface area contributed by atoms with E-state index in [4.69, 9.17) is 9.15 Å². The fraction of sp³-hybridized carbons (Fsp3) is 0.429. The van der Waals surface area contributed by atoms with E-state index >= 15 is 0 Å². The van der Waals surface area contributed by atoms with Crippen LogP contribution in [0.1, 0.15) is 46.0 Å². The van der Waals surface area contributed by atoms with Gasteiger partial charge >= 0.3 is 0 Å². The summed E-state index contributed by atoms with van der Waals surface area (Å²) in [6, 6.07) is 10.4. The minimum absolute atomic E-state index is 0.0804. The predicted molar refractivity (Wildman–Crippen MR) is 100 cm³/mol. The zero-order chi connectivity index (χ0) is 17.6. The summed E-state index contributed by atoms with van der Waals surface area (Å²) in [5, 5.41) is 0. The van der Waals surface area contributed by atoms with Crippen LogP contribution in [0.25, 0.3) is 22.6 Å². The van der Waals surface area contributed by atoms with Gasteiger partial charge < -0.3 is 9.15 Å². The normalized spacial score (nSPS) is 12.6. The van der Waals surface area contributed by atoms with Crippen molar-refractivity contribution in [2.45, 2.75) is 46.0 Å². The highest BCUT2D eigenvalue weighted by molar-refractivity contribution is 5.77. The maximum atomic E-state index is 11.5. The van der Waals surface area contributed by atoms with Gasteiger partial charge in [-0.15, -0.1) is 0 Å². The Labute approximate surface area is 148 Å². The van der Waals surface area contributed by atoms with E-state index in [2.05, 4.69) is 18.8 Å². The predicted octanol–water partition coefficient (Wildman–Crippen LogP) is 5.28. The molecule has 132 valence electrons. The van der Waals surface area contributed by atoms with E-state index in [1.54, 1.807) is 6.07 Å². The molecule has 1 aliphatic heterocycles. The highest BCUT2D eigenvalue weighted by Gasteiger charge is 2.12. The topological polar surface area (TPSA) is 52.3 Å². The molecule has 0 saturated carbocycles. The molecule has 0 radical (unpaired) electrons. The maximum absolute atomic E-state index is 11.5. The molecule has 0 N–H and O–H groups in total. The molecule has 0 saturated heterocycles. The molecule has 1 unspecified atom stereocenters. The lowest BCUT2D eigenvalue weighted by atomic mass is 9.98. The van der Waals surface area contributed by atoms with Gasteiger partial charge in [0, 0.05) is 12.1 Å². The van der Waals surface area contributed by atoms with Gasteiger partial charge in [0.15, 0.2) is 16.8 Å². The van der Waals surface area contributed by atoms with Gasteiger partial charge in [-0.3, -0.25) is 4.79 Å². The molecule has 0 bridgehead atoms. The van der Waals surface area contributed by atoms with Crippen LogP contribution in [0, 0.1) is 5.92 Å². The molecule has 0 aromatic heterocycles. The summed E-state index contributed by atoms with van der Waals surface area (Å²) in [5.74, 6) is 1.88. The van der Waals surface area contributed by atoms with Crippen molar-refractivity contribution in [3.05, 3.63) is 46.6 Å². The molecule has 3 rings (SSSR count). The average Bonchev–Trinajstić information content (AvgIpc) is 2.62. The molecule has 1 heterocycles. The molecule has 2 aliphatic rings. The number of hydrogen-bond acceptors (Lipinski definition) is 4. The van der Waals surface area contributed by atoms with Gasteiger partial charge in [0.1, 0.15) is 17.0 Å². The number of nitrogens with zero attached hydrogens (tertiary/aromatic N) is 1. The van der Waals surface area contributed by atoms with Gasteiger partial charge in [-0.2, -0.15) is 0 Å². The SMILES string of the molecule is CCCCC(CCC)COc1ccc2nc3ccc(=O)cc-3oc2c1. The zero-order valence-corrected chi connectivity index (χ0v) is 15.0. The molecule has 25 heavy (non-hydrogen) atoms. The van der Waals surface area contributed by atoms with E-state index in [9.17, 15) is 4.79 Å². The van der Waals surface area contributed by atoms with Crippen molar-refractivity contribution in [3.8, 4) is 17.2 Å². The number of hydrogen-bond donors (Lipinski definition) is 0. The molecule has 1 aliphatic carbocycles. The first-order valence-electron chi connectivity index (χ1n) is 9.17. The van der Waals surface area contributed by atoms with E-state index in [0.717, 1.165) is 17.9 Å². The third-order valence-electron chi connectivity index (χ3n) is 4.47. The number of aromatic nitrogens is 1. The maximum Gasteiger partial charge on any atom is 0.182 e. The molecule has 1 atom stereocenters. The number of unbranched alkanes of at least 4 members (excludes halogenated alkanes) is 1. The van der Waals surface area contributed by atoms with Crippen LogP contribution in [-0.4, -0.2) is 11.6 Å². The van der Waals surface area contributed by atoms with Crippen LogP contribution < -0.4 is 10.2 Å². The van der Waals surface area contributed by atoms with Crippen molar-refractivity contribution in [1.82, 2.24) is 4.98 Å². The Hall–Kier alpha value is -2.36. The fourth-order valence-corrected chi connectivity index (χ4v) is 3.10. The van der Waals surface area contributed by atoms with Gasteiger partial charge in [0.2, 0.25) is 0 Å². The monoisotopic (exact) mass is 339 g/mol. The van der Waals surface area contributed by atoms with Crippen LogP contribution in [0.4, 0.5) is 0 Å². The van der Waals surface area contributed by atoms with Gasteiger partial charge in [-0.25, -0.2) is 4.98 Å². The summed E-state index contributed by atoms with van der Waals surface area (Å²) in [6.07, 6.45) is 6.04. The number of fused-ring (bicyclic) bond motifs is 2. The molecule has 1 aromatic carbocycles. The number of benzene rings is 2. The third kappa shape index (κ3) is 4.38. The summed E-state index contributed by atoms with van der Waals surface area (Å²) < 4.78 is 11.9. The van der Waals surface area contributed by atoms with Crippen molar-refractivity contribution >= 4 is 11.1 Å². The standard InChI is InChI=1S/C21H25NO3/c1-3-5-7-15(6-4-2)14-24-17-9-11-19-21(13-17)25-20-12-16(23)8-10-18(20)22-19/h8-13,15H,3-7,14H2,1-2H3. The minimum atomic E-state index is -0.0804. The van der Waals surface area contributed by atoms with Gasteiger partial charge in [-0.05, 0) is 43.0 Å². The van der Waals surface area contributed by atoms with E-state index in [0.29, 0.717) is 23.0 Å². The Kier molecular flexibility index (Phi) is 5.69. The molecule has 4 nitrogen and oxygen atoms in total. The zero-order valence-electron chi connectivity index (χ0n) is 15.0. The van der Waals surface area contributed by atoms with E-state index in [1.807, 2.05) is 18.2 Å². The Bertz CT molecular complexity index is 855. The summed E-state index contributed by atoms with van der Waals surface area (Å²) in [7, 11) is 0. The van der Waals surface area contributed by atoms with Gasteiger partial charge in [0.25, 0.3) is 0 Å². The molecular weight excluding hydrogens is 314 g/mol. The summed E-state index contributed by atoms with van der Waals surface area (Å²) >= 11 is 0. The second-order valence-corrected chi connectivity index (χ2v) is 6.58. The van der Waals surface area contributed by atoms with Crippen molar-refractivity contribution < 1.29 is 9.15 Å². The highest BCUT2D eigenvalue weighted by atomic mass is 16.5. The summed E-state index contributed by atoms with van der Waals surface area (Å²) in [4.78, 5) is 16.0. The van der Waals surface area contributed by atoms with E-state index in [1.165, 1.54) is 44.2 Å². The molecule has 1 aromatic rings. The highest BCUT2D eigenvalue weighted by Crippen LogP contribution is 2.27. The largest absolute Gasteiger partial charge is 0.493 e. The first-order chi connectivity index (χ1) is 12.2. The molecule has 4 heteroatoms. The van der Waals surface area contributed by atoms with Crippen LogP contribution in [0.2, 0.25) is 0 Å². The van der Waals surface area contributed by atoms with E-state index < -0.39 is 0 Å². The Morgan fingerprint density at radius 1 is 1.08 bits per heavy atom. The first-order valence-corrected chi connectivity index (χ1v) is 9.17. The Morgan fingerprint density at radius 3 is 2.76 bits per heavy atom. The smallest absolute Gasteiger partial charge is 0.182 e. The lowest BCUT2D eigenvalue weighted by molar-refractivity contribution is 0.228. The number of rotatable bonds is 8. The van der Waals surface area contributed by atoms with Crippen molar-refractivity contribution in [1.29, 1.82) is 0 Å². The van der Waals surface area contributed by atoms with Crippen molar-refractivity contribution in [3.63, 3.8) is 0 Å². The minimum Gasteiger partial charge on any atom is -0.493 e. The lowest BCUT2D eigenvalue weighted by Gasteiger charge is -2.17. The molecule has 0 amide bonds. The Morgan fingerprint density at radius 2 is 1.96 bits per heavy atom. The van der Waals surface area contributed by atoms with Crippen LogP contribution >= 0.6 is 0 Å². The second kappa shape index (κ2) is 8.15. The molecular formula is C21H25NO3. The van der Waals surface area contributed by atoms with Crippen molar-refractivity contribution in [2.75, 3.05) is 6.61 Å². The van der Waals surface area contributed by atoms with Crippen LogP contribution in [0.3, 0.4) is 0 Å². The summed E-state index contributed by atoms with van der Waals surface area (Å²) in [6.45, 7) is 5.17. The quantitative estimate of drug-likeness (QED) is 0.524. The first kappa shape index (κ1) is 17.5. The van der Waals surface area contributed by atoms with Gasteiger partial charge in [-0.1, -0.05) is 33.1 Å². The fourth-order valence-electron chi connectivity index (χ4n) is 3.10. The lowest BCUT2D eigenvalue weighted by Crippen LogP contribution is -2.12. The Balaban J connectivity index is 1.79. The third-order valence-corrected chi connectivity index (χ3v) is 4.47. The van der Waals surface area contributed by atoms with Crippen LogP contribution in [-0.2, 0) is 0 Å². The second-order valence-electron chi connectivity index (χ2n) is 6.58. The number of ether oxygens (including phenoxy) is 1. The molecule has 0 spiro atoms. The van der Waals surface area contributed by atoms with Gasteiger partial charge in [0.05, 0.1) is 6.61 Å². The van der Waals surface area contributed by atoms with E-state index in [-0.39, 0.29) is 5.43 Å². The van der Waals surface area contributed by atoms with Crippen LogP contribution in [0.15, 0.2) is 45.6 Å². The van der Waals surface area contributed by atoms with Crippen LogP contribution in [0.5, 0.6) is 5.75 Å². The average molecular weight is 339 g/mol. The van der Waals surface area contributed by atoms with Crippen molar-refractivity contribution in [2.24, 2.45) is 5.92 Å².